The Labute approximate surface area is 72.9 Å². The van der Waals surface area contributed by atoms with Gasteiger partial charge in [0.05, 0.1) is 4.91 Å². The first kappa shape index (κ1) is 11.1. The van der Waals surface area contributed by atoms with Crippen LogP contribution in [0.4, 0.5) is 0 Å². The van der Waals surface area contributed by atoms with E-state index in [2.05, 4.69) is 0 Å². The highest BCUT2D eigenvalue weighted by molar-refractivity contribution is 7.90. The largest absolute Gasteiger partial charge is 0.294 e. The summed E-state index contributed by atoms with van der Waals surface area (Å²) in [6.45, 7) is 3.43. The quantitative estimate of drug-likeness (QED) is 0.543. The lowest BCUT2D eigenvalue weighted by atomic mass is 10.4. The lowest BCUT2D eigenvalue weighted by Gasteiger charge is -1.93. The van der Waals surface area contributed by atoms with Crippen LogP contribution in [0, 0.1) is 0 Å². The van der Waals surface area contributed by atoms with E-state index in [0.717, 1.165) is 0 Å². The van der Waals surface area contributed by atoms with Gasteiger partial charge in [-0.2, -0.15) is 8.42 Å². The maximum Gasteiger partial charge on any atom is 0.294 e. The normalized spacial score (nSPS) is 14.8. The van der Waals surface area contributed by atoms with Gasteiger partial charge in [-0.3, -0.25) is 4.55 Å². The van der Waals surface area contributed by atoms with Crippen LogP contribution in [0.2, 0.25) is 0 Å². The second kappa shape index (κ2) is 4.90. The van der Waals surface area contributed by atoms with Gasteiger partial charge in [-0.15, -0.1) is 0 Å². The van der Waals surface area contributed by atoms with Gasteiger partial charge in [0.1, 0.15) is 0 Å². The third-order valence-corrected chi connectivity index (χ3v) is 1.95. The Kier molecular flexibility index (Phi) is 4.54. The molecule has 0 aromatic rings. The Morgan fingerprint density at radius 2 is 1.83 bits per heavy atom. The van der Waals surface area contributed by atoms with Crippen molar-refractivity contribution < 1.29 is 13.0 Å². The molecule has 1 N–H and O–H groups in total. The maximum atomic E-state index is 10.6. The van der Waals surface area contributed by atoms with Gasteiger partial charge >= 0.3 is 0 Å². The molecule has 0 aliphatic rings. The molecule has 0 bridgehead atoms. The first-order valence-corrected chi connectivity index (χ1v) is 4.89. The van der Waals surface area contributed by atoms with Crippen LogP contribution in [0.15, 0.2) is 35.3 Å². The smallest absolute Gasteiger partial charge is 0.282 e. The van der Waals surface area contributed by atoms with E-state index in [1.54, 1.807) is 32.1 Å². The summed E-state index contributed by atoms with van der Waals surface area (Å²) in [7, 11) is -4.08. The molecule has 0 rings (SSSR count). The summed E-state index contributed by atoms with van der Waals surface area (Å²) < 4.78 is 29.9. The van der Waals surface area contributed by atoms with Crippen molar-refractivity contribution in [2.45, 2.75) is 13.8 Å². The van der Waals surface area contributed by atoms with E-state index in [1.807, 2.05) is 0 Å². The standard InChI is InChI=1S/C8H12O3S/c1-3-5-7-8(6-4-2)12(9,10)11/h3-7H,1-2H3,(H,9,10,11)/b5-3-,6-4-,8-7+. The molecule has 68 valence electrons. The first-order valence-electron chi connectivity index (χ1n) is 3.45. The molecule has 0 saturated carbocycles. The van der Waals surface area contributed by atoms with Crippen LogP contribution in [-0.4, -0.2) is 13.0 Å². The fraction of sp³-hybridized carbons (Fsp3) is 0.250. The van der Waals surface area contributed by atoms with Crippen LogP contribution in [0.25, 0.3) is 0 Å². The van der Waals surface area contributed by atoms with Gasteiger partial charge in [-0.25, -0.2) is 0 Å². The SMILES string of the molecule is C\C=C/C=C(\C=C/C)S(=O)(=O)O. The van der Waals surface area contributed by atoms with Crippen LogP contribution in [0.1, 0.15) is 13.8 Å². The number of rotatable bonds is 3. The van der Waals surface area contributed by atoms with Gasteiger partial charge in [0.15, 0.2) is 0 Å². The fourth-order valence-electron chi connectivity index (χ4n) is 0.583. The molecule has 0 aromatic heterocycles. The molecule has 0 unspecified atom stereocenters. The topological polar surface area (TPSA) is 54.4 Å². The van der Waals surface area contributed by atoms with Crippen LogP contribution in [0.5, 0.6) is 0 Å². The third kappa shape index (κ3) is 4.10. The van der Waals surface area contributed by atoms with Crippen LogP contribution < -0.4 is 0 Å². The summed E-state index contributed by atoms with van der Waals surface area (Å²) in [5, 5.41) is 0. The lowest BCUT2D eigenvalue weighted by Crippen LogP contribution is -1.98. The Bertz CT molecular complexity index is 307. The van der Waals surface area contributed by atoms with E-state index < -0.39 is 10.1 Å². The second-order valence-electron chi connectivity index (χ2n) is 2.07. The highest BCUT2D eigenvalue weighted by atomic mass is 32.2. The molecular formula is C8H12O3S. The van der Waals surface area contributed by atoms with Gasteiger partial charge in [0.25, 0.3) is 10.1 Å². The Hall–Kier alpha value is -0.870. The summed E-state index contributed by atoms with van der Waals surface area (Å²) >= 11 is 0. The van der Waals surface area contributed by atoms with Crippen molar-refractivity contribution in [3.8, 4) is 0 Å². The molecule has 0 saturated heterocycles. The highest BCUT2D eigenvalue weighted by Gasteiger charge is 2.07. The minimum atomic E-state index is -4.08. The van der Waals surface area contributed by atoms with E-state index in [4.69, 9.17) is 4.55 Å². The van der Waals surface area contributed by atoms with Crippen molar-refractivity contribution in [1.29, 1.82) is 0 Å². The summed E-state index contributed by atoms with van der Waals surface area (Å²) in [6, 6.07) is 0. The maximum absolute atomic E-state index is 10.6. The van der Waals surface area contributed by atoms with E-state index in [1.165, 1.54) is 12.2 Å². The van der Waals surface area contributed by atoms with Crippen molar-refractivity contribution in [3.63, 3.8) is 0 Å². The summed E-state index contributed by atoms with van der Waals surface area (Å²) in [5.41, 5.74) is 0. The number of hydrogen-bond acceptors (Lipinski definition) is 2. The van der Waals surface area contributed by atoms with E-state index in [0.29, 0.717) is 0 Å². The second-order valence-corrected chi connectivity index (χ2v) is 3.49. The molecule has 0 fully saturated rings. The van der Waals surface area contributed by atoms with Crippen LogP contribution in [0.3, 0.4) is 0 Å². The number of hydrogen-bond donors (Lipinski definition) is 1. The molecule has 0 amide bonds. The average Bonchev–Trinajstić information content (AvgIpc) is 1.95. The van der Waals surface area contributed by atoms with Gasteiger partial charge in [0.2, 0.25) is 0 Å². The monoisotopic (exact) mass is 188 g/mol. The molecular weight excluding hydrogens is 176 g/mol. The number of allylic oxidation sites excluding steroid dienone is 5. The van der Waals surface area contributed by atoms with Crippen molar-refractivity contribution in [1.82, 2.24) is 0 Å². The van der Waals surface area contributed by atoms with Crippen molar-refractivity contribution in [2.75, 3.05) is 0 Å². The van der Waals surface area contributed by atoms with E-state index >= 15 is 0 Å². The lowest BCUT2D eigenvalue weighted by molar-refractivity contribution is 0.492. The van der Waals surface area contributed by atoms with Crippen LogP contribution >= 0.6 is 0 Å². The zero-order valence-corrected chi connectivity index (χ0v) is 7.88. The van der Waals surface area contributed by atoms with Gasteiger partial charge in [-0.05, 0) is 26.0 Å². The minimum absolute atomic E-state index is 0.108. The van der Waals surface area contributed by atoms with E-state index in [-0.39, 0.29) is 4.91 Å². The van der Waals surface area contributed by atoms with E-state index in [9.17, 15) is 8.42 Å². The first-order chi connectivity index (χ1) is 5.52. The van der Waals surface area contributed by atoms with Gasteiger partial charge < -0.3 is 0 Å². The zero-order chi connectivity index (χ0) is 9.61. The Morgan fingerprint density at radius 1 is 1.25 bits per heavy atom. The van der Waals surface area contributed by atoms with Gasteiger partial charge in [0, 0.05) is 0 Å². The molecule has 0 spiro atoms. The highest BCUT2D eigenvalue weighted by Crippen LogP contribution is 2.05. The molecule has 0 aromatic carbocycles. The van der Waals surface area contributed by atoms with Crippen LogP contribution in [-0.2, 0) is 10.1 Å². The molecule has 0 aliphatic heterocycles. The molecule has 0 atom stereocenters. The summed E-state index contributed by atoms with van der Waals surface area (Å²) in [5.74, 6) is 0. The zero-order valence-electron chi connectivity index (χ0n) is 7.06. The molecule has 4 heteroatoms. The Balaban J connectivity index is 4.93. The molecule has 12 heavy (non-hydrogen) atoms. The van der Waals surface area contributed by atoms with Gasteiger partial charge in [-0.1, -0.05) is 18.2 Å². The summed E-state index contributed by atoms with van der Waals surface area (Å²) in [4.78, 5) is -0.108. The minimum Gasteiger partial charge on any atom is -0.282 e. The summed E-state index contributed by atoms with van der Waals surface area (Å²) in [6.07, 6.45) is 7.42. The fourth-order valence-corrected chi connectivity index (χ4v) is 1.14. The molecule has 0 heterocycles. The molecule has 0 radical (unpaired) electrons. The average molecular weight is 188 g/mol. The Morgan fingerprint density at radius 3 is 2.17 bits per heavy atom. The molecule has 3 nitrogen and oxygen atoms in total. The van der Waals surface area contributed by atoms with Crippen molar-refractivity contribution >= 4 is 10.1 Å². The predicted octanol–water partition coefficient (Wildman–Crippen LogP) is 1.91. The predicted molar refractivity (Wildman–Crippen MR) is 49.3 cm³/mol. The van der Waals surface area contributed by atoms with Crippen molar-refractivity contribution in [3.05, 3.63) is 35.3 Å². The molecule has 0 aliphatic carbocycles. The third-order valence-electron chi connectivity index (χ3n) is 1.08. The van der Waals surface area contributed by atoms with Crippen molar-refractivity contribution in [2.24, 2.45) is 0 Å².